The number of benzene rings is 1. The van der Waals surface area contributed by atoms with Gasteiger partial charge in [-0.15, -0.1) is 0 Å². The van der Waals surface area contributed by atoms with E-state index in [-0.39, 0.29) is 17.9 Å². The average molecular weight is 343 g/mol. The van der Waals surface area contributed by atoms with E-state index in [0.29, 0.717) is 5.75 Å². The van der Waals surface area contributed by atoms with Crippen LogP contribution in [-0.4, -0.2) is 63.5 Å². The van der Waals surface area contributed by atoms with Crippen LogP contribution in [0.15, 0.2) is 24.3 Å². The van der Waals surface area contributed by atoms with Crippen LogP contribution in [0.2, 0.25) is 0 Å². The SMILES string of the molecule is CC(N)=O.O=C(O)c1ccc(OC2CC(O)C(O)C(CO)O2)cc1. The summed E-state index contributed by atoms with van der Waals surface area (Å²) in [4.78, 5) is 19.9. The number of carbonyl (C=O) groups is 2. The number of amides is 1. The molecule has 6 N–H and O–H groups in total. The van der Waals surface area contributed by atoms with Gasteiger partial charge in [0.1, 0.15) is 18.0 Å². The van der Waals surface area contributed by atoms with Crippen LogP contribution in [0, 0.1) is 0 Å². The minimum absolute atomic E-state index is 0.0539. The van der Waals surface area contributed by atoms with Gasteiger partial charge in [-0.1, -0.05) is 0 Å². The summed E-state index contributed by atoms with van der Waals surface area (Å²) in [6.07, 6.45) is -3.89. The highest BCUT2D eigenvalue weighted by molar-refractivity contribution is 5.87. The fourth-order valence-corrected chi connectivity index (χ4v) is 1.97. The molecular formula is C15H21NO8. The zero-order valence-electron chi connectivity index (χ0n) is 13.0. The highest BCUT2D eigenvalue weighted by Crippen LogP contribution is 2.23. The van der Waals surface area contributed by atoms with Crippen LogP contribution in [0.4, 0.5) is 0 Å². The number of hydrogen-bond donors (Lipinski definition) is 5. The monoisotopic (exact) mass is 343 g/mol. The average Bonchev–Trinajstić information content (AvgIpc) is 2.50. The summed E-state index contributed by atoms with van der Waals surface area (Å²) in [6, 6.07) is 5.71. The summed E-state index contributed by atoms with van der Waals surface area (Å²) in [5, 5.41) is 37.0. The summed E-state index contributed by atoms with van der Waals surface area (Å²) in [7, 11) is 0. The van der Waals surface area contributed by atoms with Crippen LogP contribution < -0.4 is 10.5 Å². The van der Waals surface area contributed by atoms with E-state index in [0.717, 1.165) is 0 Å². The van der Waals surface area contributed by atoms with Crippen molar-refractivity contribution >= 4 is 11.9 Å². The highest BCUT2D eigenvalue weighted by atomic mass is 16.7. The predicted octanol–water partition coefficient (Wildman–Crippen LogP) is -0.916. The third-order valence-electron chi connectivity index (χ3n) is 3.08. The van der Waals surface area contributed by atoms with Crippen molar-refractivity contribution in [3.63, 3.8) is 0 Å². The fourth-order valence-electron chi connectivity index (χ4n) is 1.97. The Kier molecular flexibility index (Phi) is 7.59. The molecule has 4 unspecified atom stereocenters. The van der Waals surface area contributed by atoms with Crippen molar-refractivity contribution in [3.05, 3.63) is 29.8 Å². The van der Waals surface area contributed by atoms with E-state index in [4.69, 9.17) is 19.7 Å². The molecule has 1 aliphatic heterocycles. The van der Waals surface area contributed by atoms with E-state index in [1.165, 1.54) is 31.2 Å². The van der Waals surface area contributed by atoms with Crippen LogP contribution >= 0.6 is 0 Å². The topological polar surface area (TPSA) is 160 Å². The van der Waals surface area contributed by atoms with Gasteiger partial charge in [-0.25, -0.2) is 4.79 Å². The highest BCUT2D eigenvalue weighted by Gasteiger charge is 2.37. The first kappa shape index (κ1) is 19.8. The van der Waals surface area contributed by atoms with Gasteiger partial charge in [0.05, 0.1) is 18.3 Å². The molecule has 9 nitrogen and oxygen atoms in total. The summed E-state index contributed by atoms with van der Waals surface area (Å²) in [6.45, 7) is 0.871. The number of nitrogens with two attached hydrogens (primary N) is 1. The molecule has 9 heteroatoms. The van der Waals surface area contributed by atoms with Gasteiger partial charge in [0, 0.05) is 13.3 Å². The normalized spacial score (nSPS) is 26.0. The van der Waals surface area contributed by atoms with Crippen LogP contribution in [0.25, 0.3) is 0 Å². The van der Waals surface area contributed by atoms with Crippen molar-refractivity contribution in [1.29, 1.82) is 0 Å². The summed E-state index contributed by atoms with van der Waals surface area (Å²) in [5.41, 5.74) is 4.60. The molecule has 0 spiro atoms. The molecule has 0 radical (unpaired) electrons. The quantitative estimate of drug-likeness (QED) is 0.469. The molecule has 1 saturated heterocycles. The molecule has 1 aliphatic rings. The zero-order chi connectivity index (χ0) is 18.3. The van der Waals surface area contributed by atoms with Gasteiger partial charge in [0.25, 0.3) is 0 Å². The molecular weight excluding hydrogens is 322 g/mol. The molecule has 0 aromatic heterocycles. The number of aliphatic hydroxyl groups excluding tert-OH is 3. The first-order valence-electron chi connectivity index (χ1n) is 7.13. The maximum atomic E-state index is 10.7. The van der Waals surface area contributed by atoms with Crippen molar-refractivity contribution in [2.24, 2.45) is 5.73 Å². The number of aliphatic hydroxyl groups is 3. The van der Waals surface area contributed by atoms with Gasteiger partial charge in [0.2, 0.25) is 12.2 Å². The maximum Gasteiger partial charge on any atom is 0.335 e. The van der Waals surface area contributed by atoms with Gasteiger partial charge in [-0.05, 0) is 24.3 Å². The molecule has 1 aromatic rings. The van der Waals surface area contributed by atoms with Crippen LogP contribution in [0.3, 0.4) is 0 Å². The molecule has 1 amide bonds. The van der Waals surface area contributed by atoms with E-state index < -0.39 is 37.2 Å². The number of hydrogen-bond acceptors (Lipinski definition) is 7. The number of ether oxygens (including phenoxy) is 2. The number of carbonyl (C=O) groups excluding carboxylic acids is 1. The molecule has 4 atom stereocenters. The van der Waals surface area contributed by atoms with E-state index in [2.05, 4.69) is 5.73 Å². The van der Waals surface area contributed by atoms with Crippen LogP contribution in [-0.2, 0) is 9.53 Å². The Morgan fingerprint density at radius 2 is 1.83 bits per heavy atom. The molecule has 24 heavy (non-hydrogen) atoms. The Morgan fingerprint density at radius 3 is 2.29 bits per heavy atom. The lowest BCUT2D eigenvalue weighted by Gasteiger charge is -2.36. The Morgan fingerprint density at radius 1 is 1.29 bits per heavy atom. The standard InChI is InChI=1S/C13H16O7.C2H5NO/c14-6-10-12(16)9(15)5-11(20-10)19-8-3-1-7(2-4-8)13(17)18;1-2(3)4/h1-4,9-12,14-16H,5-6H2,(H,17,18);1H3,(H2,3,4). The number of primary amides is 1. The number of aromatic carboxylic acids is 1. The molecule has 1 aromatic carbocycles. The van der Waals surface area contributed by atoms with Crippen molar-refractivity contribution in [2.75, 3.05) is 6.61 Å². The van der Waals surface area contributed by atoms with E-state index in [9.17, 15) is 19.8 Å². The molecule has 1 heterocycles. The summed E-state index contributed by atoms with van der Waals surface area (Å²) in [5.74, 6) is -0.996. The Hall–Kier alpha value is -2.20. The second-order valence-electron chi connectivity index (χ2n) is 5.14. The lowest BCUT2D eigenvalue weighted by molar-refractivity contribution is -0.229. The number of carboxylic acids is 1. The van der Waals surface area contributed by atoms with Gasteiger partial charge in [-0.2, -0.15) is 0 Å². The summed E-state index contributed by atoms with van der Waals surface area (Å²) < 4.78 is 10.7. The maximum absolute atomic E-state index is 10.7. The summed E-state index contributed by atoms with van der Waals surface area (Å²) >= 11 is 0. The number of carboxylic acid groups (broad SMARTS) is 1. The lowest BCUT2D eigenvalue weighted by atomic mass is 10.0. The Labute approximate surface area is 138 Å². The smallest absolute Gasteiger partial charge is 0.335 e. The second kappa shape index (κ2) is 9.18. The van der Waals surface area contributed by atoms with Crippen LogP contribution in [0.1, 0.15) is 23.7 Å². The number of rotatable bonds is 4. The third kappa shape index (κ3) is 6.13. The second-order valence-corrected chi connectivity index (χ2v) is 5.14. The van der Waals surface area contributed by atoms with E-state index in [1.807, 2.05) is 0 Å². The lowest BCUT2D eigenvalue weighted by Crippen LogP contribution is -2.51. The van der Waals surface area contributed by atoms with Crippen LogP contribution in [0.5, 0.6) is 5.75 Å². The van der Waals surface area contributed by atoms with Crippen molar-refractivity contribution in [2.45, 2.75) is 37.9 Å². The largest absolute Gasteiger partial charge is 0.478 e. The first-order chi connectivity index (χ1) is 11.2. The van der Waals surface area contributed by atoms with Gasteiger partial charge in [-0.3, -0.25) is 4.79 Å². The van der Waals surface area contributed by atoms with E-state index >= 15 is 0 Å². The van der Waals surface area contributed by atoms with Gasteiger partial charge in [0.15, 0.2) is 0 Å². The van der Waals surface area contributed by atoms with Crippen molar-refractivity contribution < 1.29 is 39.5 Å². The molecule has 0 aliphatic carbocycles. The minimum Gasteiger partial charge on any atom is -0.478 e. The predicted molar refractivity (Wildman–Crippen MR) is 81.3 cm³/mol. The van der Waals surface area contributed by atoms with Gasteiger partial charge < -0.3 is 35.6 Å². The first-order valence-corrected chi connectivity index (χ1v) is 7.13. The molecule has 2 rings (SSSR count). The molecule has 1 fully saturated rings. The zero-order valence-corrected chi connectivity index (χ0v) is 13.0. The fraction of sp³-hybridized carbons (Fsp3) is 0.467. The van der Waals surface area contributed by atoms with Crippen molar-refractivity contribution in [3.8, 4) is 5.75 Å². The minimum atomic E-state index is -1.16. The Balaban J connectivity index is 0.000000648. The molecule has 0 bridgehead atoms. The Bertz CT molecular complexity index is 543. The van der Waals surface area contributed by atoms with E-state index in [1.54, 1.807) is 0 Å². The van der Waals surface area contributed by atoms with Crippen molar-refractivity contribution in [1.82, 2.24) is 0 Å². The third-order valence-corrected chi connectivity index (χ3v) is 3.08. The molecule has 0 saturated carbocycles. The van der Waals surface area contributed by atoms with Gasteiger partial charge >= 0.3 is 5.97 Å². The molecule has 134 valence electrons.